The van der Waals surface area contributed by atoms with Crippen molar-refractivity contribution in [3.63, 3.8) is 0 Å². The Morgan fingerprint density at radius 2 is 1.72 bits per heavy atom. The topological polar surface area (TPSA) is 119 Å². The molecule has 0 heterocycles. The van der Waals surface area contributed by atoms with Crippen molar-refractivity contribution in [2.45, 2.75) is 25.7 Å². The molecule has 2 aromatic rings. The SMILES string of the molecule is CC(=O)c1cccc(NC(=O)COC(=O)CNS(=O)(=O)c2ccc(C)c(C)c2)c1. The van der Waals surface area contributed by atoms with Gasteiger partial charge in [-0.3, -0.25) is 14.4 Å². The van der Waals surface area contributed by atoms with E-state index in [1.807, 2.05) is 6.92 Å². The van der Waals surface area contributed by atoms with Gasteiger partial charge in [0, 0.05) is 11.3 Å². The Hall–Kier alpha value is -3.04. The maximum absolute atomic E-state index is 12.2. The molecule has 0 radical (unpaired) electrons. The third-order valence-corrected chi connectivity index (χ3v) is 5.51. The number of benzene rings is 2. The fourth-order valence-electron chi connectivity index (χ4n) is 2.33. The van der Waals surface area contributed by atoms with Crippen LogP contribution >= 0.6 is 0 Å². The molecule has 0 aliphatic carbocycles. The van der Waals surface area contributed by atoms with Crippen LogP contribution in [-0.2, 0) is 24.3 Å². The molecule has 0 unspecified atom stereocenters. The Labute approximate surface area is 169 Å². The fraction of sp³-hybridized carbons (Fsp3) is 0.250. The van der Waals surface area contributed by atoms with E-state index < -0.39 is 35.1 Å². The number of anilines is 1. The van der Waals surface area contributed by atoms with Crippen LogP contribution in [0.25, 0.3) is 0 Å². The number of rotatable bonds is 8. The van der Waals surface area contributed by atoms with E-state index in [-0.39, 0.29) is 10.7 Å². The van der Waals surface area contributed by atoms with Crippen LogP contribution in [0.5, 0.6) is 0 Å². The van der Waals surface area contributed by atoms with Crippen LogP contribution in [0.15, 0.2) is 47.4 Å². The highest BCUT2D eigenvalue weighted by molar-refractivity contribution is 7.89. The van der Waals surface area contributed by atoms with E-state index in [4.69, 9.17) is 4.74 Å². The molecule has 9 heteroatoms. The summed E-state index contributed by atoms with van der Waals surface area (Å²) in [5.74, 6) is -1.66. The van der Waals surface area contributed by atoms with Crippen LogP contribution in [0.2, 0.25) is 0 Å². The van der Waals surface area contributed by atoms with Gasteiger partial charge >= 0.3 is 5.97 Å². The molecule has 2 aromatic carbocycles. The molecular formula is C20H22N2O6S. The standard InChI is InChI=1S/C20H22N2O6S/c1-13-7-8-18(9-14(13)2)29(26,27)21-11-20(25)28-12-19(24)22-17-6-4-5-16(10-17)15(3)23/h4-10,21H,11-12H2,1-3H3,(H,22,24). The number of carbonyl (C=O) groups excluding carboxylic acids is 3. The van der Waals surface area contributed by atoms with E-state index in [0.717, 1.165) is 11.1 Å². The van der Waals surface area contributed by atoms with E-state index in [1.54, 1.807) is 31.2 Å². The predicted molar refractivity (Wildman–Crippen MR) is 107 cm³/mol. The van der Waals surface area contributed by atoms with Crippen LogP contribution in [-0.4, -0.2) is 39.2 Å². The van der Waals surface area contributed by atoms with Crippen LogP contribution < -0.4 is 10.0 Å². The van der Waals surface area contributed by atoms with Crippen LogP contribution in [0.3, 0.4) is 0 Å². The number of hydrogen-bond acceptors (Lipinski definition) is 6. The normalized spacial score (nSPS) is 11.0. The summed E-state index contributed by atoms with van der Waals surface area (Å²) in [5.41, 5.74) is 2.57. The number of ketones is 1. The van der Waals surface area contributed by atoms with E-state index in [2.05, 4.69) is 10.0 Å². The zero-order valence-electron chi connectivity index (χ0n) is 16.3. The molecule has 0 saturated carbocycles. The van der Waals surface area contributed by atoms with Crippen molar-refractivity contribution in [2.75, 3.05) is 18.5 Å². The first-order valence-corrected chi connectivity index (χ1v) is 10.2. The number of amides is 1. The van der Waals surface area contributed by atoms with Crippen LogP contribution in [0.4, 0.5) is 5.69 Å². The van der Waals surface area contributed by atoms with Gasteiger partial charge in [0.1, 0.15) is 6.54 Å². The summed E-state index contributed by atoms with van der Waals surface area (Å²) >= 11 is 0. The van der Waals surface area contributed by atoms with Gasteiger partial charge in [-0.2, -0.15) is 4.72 Å². The average Bonchev–Trinajstić information content (AvgIpc) is 2.67. The van der Waals surface area contributed by atoms with E-state index >= 15 is 0 Å². The summed E-state index contributed by atoms with van der Waals surface area (Å²) < 4.78 is 31.4. The van der Waals surface area contributed by atoms with Gasteiger partial charge in [-0.05, 0) is 56.2 Å². The number of esters is 1. The zero-order chi connectivity index (χ0) is 21.6. The Kier molecular flexibility index (Phi) is 7.24. The smallest absolute Gasteiger partial charge is 0.321 e. The Bertz CT molecular complexity index is 1050. The summed E-state index contributed by atoms with van der Waals surface area (Å²) in [5, 5.41) is 2.50. The average molecular weight is 418 g/mol. The molecule has 0 fully saturated rings. The van der Waals surface area contributed by atoms with Crippen molar-refractivity contribution < 1.29 is 27.5 Å². The van der Waals surface area contributed by atoms with Gasteiger partial charge in [0.25, 0.3) is 5.91 Å². The quantitative estimate of drug-likeness (QED) is 0.500. The van der Waals surface area contributed by atoms with E-state index in [1.165, 1.54) is 25.1 Å². The first-order chi connectivity index (χ1) is 13.6. The monoisotopic (exact) mass is 418 g/mol. The summed E-state index contributed by atoms with van der Waals surface area (Å²) in [6.45, 7) is 3.85. The van der Waals surface area contributed by atoms with Gasteiger partial charge in [-0.15, -0.1) is 0 Å². The number of carbonyl (C=O) groups is 3. The second-order valence-corrected chi connectivity index (χ2v) is 8.18. The number of sulfonamides is 1. The number of hydrogen-bond donors (Lipinski definition) is 2. The summed E-state index contributed by atoms with van der Waals surface area (Å²) in [6, 6.07) is 10.9. The largest absolute Gasteiger partial charge is 0.455 e. The lowest BCUT2D eigenvalue weighted by molar-refractivity contribution is -0.146. The molecule has 0 atom stereocenters. The van der Waals surface area contributed by atoms with Gasteiger partial charge in [0.2, 0.25) is 10.0 Å². The van der Waals surface area contributed by atoms with Gasteiger partial charge in [0.15, 0.2) is 12.4 Å². The van der Waals surface area contributed by atoms with Crippen molar-refractivity contribution >= 4 is 33.4 Å². The minimum absolute atomic E-state index is 0.0384. The Morgan fingerprint density at radius 3 is 2.38 bits per heavy atom. The van der Waals surface area contributed by atoms with Crippen LogP contribution in [0.1, 0.15) is 28.4 Å². The third kappa shape index (κ3) is 6.51. The summed E-state index contributed by atoms with van der Waals surface area (Å²) in [4.78, 5) is 35.0. The van der Waals surface area contributed by atoms with Crippen molar-refractivity contribution in [1.82, 2.24) is 4.72 Å². The highest BCUT2D eigenvalue weighted by Gasteiger charge is 2.17. The molecule has 2 rings (SSSR count). The first-order valence-electron chi connectivity index (χ1n) is 8.72. The maximum Gasteiger partial charge on any atom is 0.321 e. The molecular weight excluding hydrogens is 396 g/mol. The highest BCUT2D eigenvalue weighted by atomic mass is 32.2. The number of ether oxygens (including phenoxy) is 1. The minimum Gasteiger partial charge on any atom is -0.455 e. The Balaban J connectivity index is 1.84. The third-order valence-electron chi connectivity index (χ3n) is 4.11. The van der Waals surface area contributed by atoms with E-state index in [0.29, 0.717) is 11.3 Å². The maximum atomic E-state index is 12.2. The van der Waals surface area contributed by atoms with E-state index in [9.17, 15) is 22.8 Å². The number of aryl methyl sites for hydroxylation is 2. The van der Waals surface area contributed by atoms with Crippen molar-refractivity contribution in [2.24, 2.45) is 0 Å². The van der Waals surface area contributed by atoms with Crippen molar-refractivity contribution in [1.29, 1.82) is 0 Å². The fourth-order valence-corrected chi connectivity index (χ4v) is 3.38. The van der Waals surface area contributed by atoms with Crippen molar-refractivity contribution in [3.8, 4) is 0 Å². The lowest BCUT2D eigenvalue weighted by Crippen LogP contribution is -2.32. The van der Waals surface area contributed by atoms with Gasteiger partial charge in [0.05, 0.1) is 4.90 Å². The first kappa shape index (κ1) is 22.3. The lowest BCUT2D eigenvalue weighted by atomic mass is 10.1. The molecule has 0 bridgehead atoms. The van der Waals surface area contributed by atoms with Crippen LogP contribution in [0, 0.1) is 13.8 Å². The molecule has 1 amide bonds. The second-order valence-electron chi connectivity index (χ2n) is 6.42. The summed E-state index contributed by atoms with van der Waals surface area (Å²) in [7, 11) is -3.88. The Morgan fingerprint density at radius 1 is 1.00 bits per heavy atom. The lowest BCUT2D eigenvalue weighted by Gasteiger charge is -2.09. The molecule has 2 N–H and O–H groups in total. The molecule has 0 saturated heterocycles. The van der Waals surface area contributed by atoms with Gasteiger partial charge in [-0.25, -0.2) is 8.42 Å². The molecule has 154 valence electrons. The molecule has 0 aliphatic heterocycles. The number of Topliss-reactive ketones (excluding diaryl/α,β-unsaturated/α-hetero) is 1. The highest BCUT2D eigenvalue weighted by Crippen LogP contribution is 2.14. The molecule has 8 nitrogen and oxygen atoms in total. The molecule has 0 aromatic heterocycles. The second kappa shape index (κ2) is 9.44. The van der Waals surface area contributed by atoms with Crippen molar-refractivity contribution in [3.05, 3.63) is 59.2 Å². The molecule has 29 heavy (non-hydrogen) atoms. The zero-order valence-corrected chi connectivity index (χ0v) is 17.1. The molecule has 0 spiro atoms. The van der Waals surface area contributed by atoms with Gasteiger partial charge < -0.3 is 10.1 Å². The minimum atomic E-state index is -3.88. The number of nitrogens with one attached hydrogen (secondary N) is 2. The molecule has 0 aliphatic rings. The predicted octanol–water partition coefficient (Wildman–Crippen LogP) is 1.97. The van der Waals surface area contributed by atoms with Gasteiger partial charge in [-0.1, -0.05) is 18.2 Å². The summed E-state index contributed by atoms with van der Waals surface area (Å²) in [6.07, 6.45) is 0.